The molecule has 1 unspecified atom stereocenters. The number of likely N-dealkylation sites (N-methyl/N-ethyl adjacent to an activating group) is 1. The fraction of sp³-hybridized carbons (Fsp3) is 0.333. The maximum Gasteiger partial charge on any atom is 0.141 e. The summed E-state index contributed by atoms with van der Waals surface area (Å²) in [6, 6.07) is 4.89. The van der Waals surface area contributed by atoms with Gasteiger partial charge in [0, 0.05) is 0 Å². The first-order chi connectivity index (χ1) is 8.20. The van der Waals surface area contributed by atoms with Gasteiger partial charge in [0.2, 0.25) is 0 Å². The highest BCUT2D eigenvalue weighted by Gasteiger charge is 2.14. The van der Waals surface area contributed by atoms with Gasteiger partial charge in [-0.2, -0.15) is 5.10 Å². The summed E-state index contributed by atoms with van der Waals surface area (Å²) in [5.41, 5.74) is 2.05. The van der Waals surface area contributed by atoms with Crippen molar-refractivity contribution in [3.8, 4) is 0 Å². The first-order valence-electron chi connectivity index (χ1n) is 5.48. The van der Waals surface area contributed by atoms with Gasteiger partial charge < -0.3 is 5.32 Å². The maximum absolute atomic E-state index is 13.0. The molecule has 2 N–H and O–H groups in total. The van der Waals surface area contributed by atoms with Crippen LogP contribution >= 0.6 is 0 Å². The Labute approximate surface area is 99.3 Å². The number of aryl methyl sites for hydroxylation is 1. The minimum atomic E-state index is -0.202. The molecular formula is C12H15FN4. The van der Waals surface area contributed by atoms with Crippen LogP contribution in [-0.2, 0) is 6.42 Å². The first-order valence-corrected chi connectivity index (χ1v) is 5.48. The highest BCUT2D eigenvalue weighted by molar-refractivity contribution is 5.27. The molecule has 0 fully saturated rings. The lowest BCUT2D eigenvalue weighted by molar-refractivity contribution is 0.557. The number of aromatic amines is 1. The van der Waals surface area contributed by atoms with Crippen LogP contribution in [0.5, 0.6) is 0 Å². The summed E-state index contributed by atoms with van der Waals surface area (Å²) >= 11 is 0. The van der Waals surface area contributed by atoms with E-state index in [1.807, 2.05) is 20.0 Å². The monoisotopic (exact) mass is 234 g/mol. The van der Waals surface area contributed by atoms with Crippen molar-refractivity contribution in [2.24, 2.45) is 0 Å². The average molecular weight is 234 g/mol. The van der Waals surface area contributed by atoms with E-state index in [2.05, 4.69) is 20.5 Å². The third-order valence-corrected chi connectivity index (χ3v) is 2.84. The van der Waals surface area contributed by atoms with Gasteiger partial charge in [-0.1, -0.05) is 6.07 Å². The molecule has 0 amide bonds. The van der Waals surface area contributed by atoms with Crippen LogP contribution in [0.25, 0.3) is 0 Å². The van der Waals surface area contributed by atoms with Gasteiger partial charge in [-0.05, 0) is 43.7 Å². The number of nitrogens with zero attached hydrogens (tertiary/aromatic N) is 2. The molecule has 1 heterocycles. The van der Waals surface area contributed by atoms with Crippen LogP contribution in [0.15, 0.2) is 24.5 Å². The largest absolute Gasteiger partial charge is 0.310 e. The molecule has 0 aliphatic carbocycles. The second-order valence-electron chi connectivity index (χ2n) is 3.99. The number of rotatable bonds is 4. The number of nitrogens with one attached hydrogen (secondary N) is 2. The molecule has 5 heteroatoms. The second kappa shape index (κ2) is 5.05. The van der Waals surface area contributed by atoms with Gasteiger partial charge in [0.15, 0.2) is 0 Å². The molecule has 2 aromatic rings. The van der Waals surface area contributed by atoms with Crippen LogP contribution in [0, 0.1) is 12.7 Å². The molecule has 0 aliphatic heterocycles. The van der Waals surface area contributed by atoms with E-state index in [-0.39, 0.29) is 11.9 Å². The molecule has 0 spiro atoms. The maximum atomic E-state index is 13.0. The predicted octanol–water partition coefficient (Wildman–Crippen LogP) is 1.76. The molecule has 2 rings (SSSR count). The molecule has 90 valence electrons. The molecular weight excluding hydrogens is 219 g/mol. The van der Waals surface area contributed by atoms with E-state index in [1.54, 1.807) is 6.07 Å². The van der Waals surface area contributed by atoms with Crippen molar-refractivity contribution in [3.63, 3.8) is 0 Å². The van der Waals surface area contributed by atoms with Crippen molar-refractivity contribution < 1.29 is 4.39 Å². The van der Waals surface area contributed by atoms with Gasteiger partial charge in [0.1, 0.15) is 18.0 Å². The van der Waals surface area contributed by atoms with Gasteiger partial charge in [-0.3, -0.25) is 5.10 Å². The smallest absolute Gasteiger partial charge is 0.141 e. The molecule has 17 heavy (non-hydrogen) atoms. The summed E-state index contributed by atoms with van der Waals surface area (Å²) in [7, 11) is 1.87. The Morgan fingerprint density at radius 1 is 1.47 bits per heavy atom. The third kappa shape index (κ3) is 2.68. The predicted molar refractivity (Wildman–Crippen MR) is 63.0 cm³/mol. The quantitative estimate of drug-likeness (QED) is 0.847. The van der Waals surface area contributed by atoms with Crippen molar-refractivity contribution in [2.75, 3.05) is 7.05 Å². The van der Waals surface area contributed by atoms with Crippen molar-refractivity contribution in [3.05, 3.63) is 47.3 Å². The van der Waals surface area contributed by atoms with Crippen molar-refractivity contribution >= 4 is 0 Å². The Balaban J connectivity index is 2.19. The minimum absolute atomic E-state index is 0.0571. The second-order valence-corrected chi connectivity index (χ2v) is 3.99. The van der Waals surface area contributed by atoms with E-state index in [4.69, 9.17) is 0 Å². The fourth-order valence-corrected chi connectivity index (χ4v) is 1.83. The topological polar surface area (TPSA) is 53.6 Å². The summed E-state index contributed by atoms with van der Waals surface area (Å²) in [5, 5.41) is 9.84. The number of H-pyrrole nitrogens is 1. The van der Waals surface area contributed by atoms with Gasteiger partial charge in [0.05, 0.1) is 6.04 Å². The van der Waals surface area contributed by atoms with Gasteiger partial charge in [0.25, 0.3) is 0 Å². The third-order valence-electron chi connectivity index (χ3n) is 2.84. The standard InChI is InChI=1S/C12H15FN4/c1-8-5-10(13)4-3-9(8)6-11(14-2)12-15-7-16-17-12/h3-5,7,11,14H,6H2,1-2H3,(H,15,16,17). The van der Waals surface area contributed by atoms with Crippen LogP contribution in [0.3, 0.4) is 0 Å². The van der Waals surface area contributed by atoms with Crippen LogP contribution in [0.4, 0.5) is 4.39 Å². The molecule has 0 radical (unpaired) electrons. The van der Waals surface area contributed by atoms with Crippen molar-refractivity contribution in [1.29, 1.82) is 0 Å². The lowest BCUT2D eigenvalue weighted by atomic mass is 10.0. The van der Waals surface area contributed by atoms with E-state index < -0.39 is 0 Å². The summed E-state index contributed by atoms with van der Waals surface area (Å²) in [4.78, 5) is 4.13. The Bertz CT molecular complexity index is 481. The number of hydrogen-bond acceptors (Lipinski definition) is 3. The average Bonchev–Trinajstić information content (AvgIpc) is 2.81. The van der Waals surface area contributed by atoms with Crippen LogP contribution in [0.2, 0.25) is 0 Å². The zero-order valence-corrected chi connectivity index (χ0v) is 9.87. The normalized spacial score (nSPS) is 12.6. The molecule has 0 saturated carbocycles. The minimum Gasteiger partial charge on any atom is -0.310 e. The van der Waals surface area contributed by atoms with E-state index >= 15 is 0 Å². The van der Waals surface area contributed by atoms with Crippen LogP contribution in [0.1, 0.15) is 23.0 Å². The van der Waals surface area contributed by atoms with Crippen molar-refractivity contribution in [2.45, 2.75) is 19.4 Å². The molecule has 1 aromatic carbocycles. The molecule has 4 nitrogen and oxygen atoms in total. The van der Waals surface area contributed by atoms with Gasteiger partial charge >= 0.3 is 0 Å². The van der Waals surface area contributed by atoms with Gasteiger partial charge in [-0.25, -0.2) is 9.37 Å². The SMILES string of the molecule is CNC(Cc1ccc(F)cc1C)c1ncn[nH]1. The lowest BCUT2D eigenvalue weighted by Gasteiger charge is -2.14. The zero-order chi connectivity index (χ0) is 12.3. The van der Waals surface area contributed by atoms with E-state index in [9.17, 15) is 4.39 Å². The summed E-state index contributed by atoms with van der Waals surface area (Å²) < 4.78 is 13.0. The van der Waals surface area contributed by atoms with Crippen LogP contribution < -0.4 is 5.32 Å². The van der Waals surface area contributed by atoms with Crippen LogP contribution in [-0.4, -0.2) is 22.2 Å². The highest BCUT2D eigenvalue weighted by Crippen LogP contribution is 2.18. The fourth-order valence-electron chi connectivity index (χ4n) is 1.83. The van der Waals surface area contributed by atoms with E-state index in [0.717, 1.165) is 23.4 Å². The molecule has 0 aliphatic rings. The summed E-state index contributed by atoms with van der Waals surface area (Å²) in [6.45, 7) is 1.91. The molecule has 0 saturated heterocycles. The lowest BCUT2D eigenvalue weighted by Crippen LogP contribution is -2.20. The Kier molecular flexibility index (Phi) is 3.49. The number of halogens is 1. The Morgan fingerprint density at radius 3 is 2.88 bits per heavy atom. The first kappa shape index (κ1) is 11.7. The zero-order valence-electron chi connectivity index (χ0n) is 9.87. The number of aromatic nitrogens is 3. The Morgan fingerprint density at radius 2 is 2.29 bits per heavy atom. The van der Waals surface area contributed by atoms with Gasteiger partial charge in [-0.15, -0.1) is 0 Å². The van der Waals surface area contributed by atoms with Crippen molar-refractivity contribution in [1.82, 2.24) is 20.5 Å². The molecule has 1 aromatic heterocycles. The summed E-state index contributed by atoms with van der Waals surface area (Å²) in [5.74, 6) is 0.586. The summed E-state index contributed by atoms with van der Waals surface area (Å²) in [6.07, 6.45) is 2.23. The van der Waals surface area contributed by atoms with E-state index in [1.165, 1.54) is 12.4 Å². The molecule has 1 atom stereocenters. The highest BCUT2D eigenvalue weighted by atomic mass is 19.1. The number of benzene rings is 1. The Hall–Kier alpha value is -1.75. The molecule has 0 bridgehead atoms. The van der Waals surface area contributed by atoms with E-state index in [0.29, 0.717) is 0 Å². The number of hydrogen-bond donors (Lipinski definition) is 2.